The van der Waals surface area contributed by atoms with Gasteiger partial charge >= 0.3 is 12.1 Å². The molecule has 0 spiro atoms. The molecular weight excluding hydrogens is 336 g/mol. The van der Waals surface area contributed by atoms with Crippen LogP contribution < -0.4 is 5.32 Å². The van der Waals surface area contributed by atoms with Crippen LogP contribution in [-0.2, 0) is 14.3 Å². The first-order valence-electron chi connectivity index (χ1n) is 9.30. The molecule has 0 fully saturated rings. The zero-order valence-corrected chi connectivity index (χ0v) is 16.1. The third-order valence-electron chi connectivity index (χ3n) is 4.82. The summed E-state index contributed by atoms with van der Waals surface area (Å²) in [5.74, 6) is -2.48. The standard InChI is InChI=1S/C19H30N2O5/c1-5-6-7-20-16(22)14-8-12-10-21(18(25)26-19(2,3)4)11-13(12)9-15(14)17(23)24/h14-15H,5-11H2,1-4H3,(H,20,22)(H,23,24)/t14-,15+/m1/s1. The molecule has 1 aliphatic heterocycles. The van der Waals surface area contributed by atoms with Gasteiger partial charge in [-0.3, -0.25) is 9.59 Å². The fourth-order valence-electron chi connectivity index (χ4n) is 3.48. The lowest BCUT2D eigenvalue weighted by molar-refractivity contribution is -0.147. The number of carboxylic acid groups (broad SMARTS) is 1. The Labute approximate surface area is 154 Å². The van der Waals surface area contributed by atoms with E-state index in [1.165, 1.54) is 0 Å². The van der Waals surface area contributed by atoms with Crippen LogP contribution >= 0.6 is 0 Å². The molecule has 2 aliphatic rings. The molecule has 0 bridgehead atoms. The second kappa shape index (κ2) is 8.10. The van der Waals surface area contributed by atoms with Crippen molar-refractivity contribution in [3.63, 3.8) is 0 Å². The lowest BCUT2D eigenvalue weighted by Crippen LogP contribution is -2.40. The number of carbonyl (C=O) groups excluding carboxylic acids is 2. The van der Waals surface area contributed by atoms with Crippen LogP contribution in [0.5, 0.6) is 0 Å². The van der Waals surface area contributed by atoms with Gasteiger partial charge < -0.3 is 20.1 Å². The Hall–Kier alpha value is -2.05. The largest absolute Gasteiger partial charge is 0.481 e. The first kappa shape index (κ1) is 20.3. The molecule has 1 heterocycles. The van der Waals surface area contributed by atoms with Gasteiger partial charge in [0.05, 0.1) is 11.8 Å². The van der Waals surface area contributed by atoms with E-state index >= 15 is 0 Å². The molecule has 1 aliphatic carbocycles. The van der Waals surface area contributed by atoms with Gasteiger partial charge in [0, 0.05) is 19.6 Å². The highest BCUT2D eigenvalue weighted by molar-refractivity contribution is 5.86. The van der Waals surface area contributed by atoms with Crippen molar-refractivity contribution in [2.24, 2.45) is 11.8 Å². The minimum absolute atomic E-state index is 0.201. The van der Waals surface area contributed by atoms with E-state index in [9.17, 15) is 19.5 Å². The van der Waals surface area contributed by atoms with E-state index < -0.39 is 29.5 Å². The van der Waals surface area contributed by atoms with Crippen molar-refractivity contribution in [1.82, 2.24) is 10.2 Å². The Morgan fingerprint density at radius 3 is 2.23 bits per heavy atom. The van der Waals surface area contributed by atoms with Gasteiger partial charge in [-0.25, -0.2) is 4.79 Å². The molecule has 146 valence electrons. The molecule has 0 saturated heterocycles. The van der Waals surface area contributed by atoms with E-state index in [0.29, 0.717) is 32.5 Å². The fourth-order valence-corrected chi connectivity index (χ4v) is 3.48. The molecule has 2 amide bonds. The molecule has 0 radical (unpaired) electrons. The third-order valence-corrected chi connectivity index (χ3v) is 4.82. The van der Waals surface area contributed by atoms with Crippen LogP contribution in [0.15, 0.2) is 11.1 Å². The number of carboxylic acids is 1. The van der Waals surface area contributed by atoms with Crippen molar-refractivity contribution in [2.75, 3.05) is 19.6 Å². The maximum atomic E-state index is 12.5. The number of carbonyl (C=O) groups is 3. The Morgan fingerprint density at radius 1 is 1.15 bits per heavy atom. The number of nitrogens with one attached hydrogen (secondary N) is 1. The smallest absolute Gasteiger partial charge is 0.410 e. The molecular formula is C19H30N2O5. The minimum atomic E-state index is -0.956. The van der Waals surface area contributed by atoms with Crippen LogP contribution in [-0.4, -0.2) is 53.2 Å². The molecule has 0 aromatic heterocycles. The Balaban J connectivity index is 2.05. The minimum Gasteiger partial charge on any atom is -0.481 e. The van der Waals surface area contributed by atoms with Crippen molar-refractivity contribution >= 4 is 18.0 Å². The summed E-state index contributed by atoms with van der Waals surface area (Å²) in [6.07, 6.45) is 2.14. The van der Waals surface area contributed by atoms with Crippen LogP contribution in [0, 0.1) is 11.8 Å². The summed E-state index contributed by atoms with van der Waals surface area (Å²) in [5.41, 5.74) is 1.38. The van der Waals surface area contributed by atoms with Crippen molar-refractivity contribution in [2.45, 2.75) is 59.0 Å². The highest BCUT2D eigenvalue weighted by Gasteiger charge is 2.42. The molecule has 7 heteroatoms. The summed E-state index contributed by atoms with van der Waals surface area (Å²) in [6.45, 7) is 8.83. The molecule has 26 heavy (non-hydrogen) atoms. The van der Waals surface area contributed by atoms with Crippen molar-refractivity contribution < 1.29 is 24.2 Å². The predicted molar refractivity (Wildman–Crippen MR) is 96.6 cm³/mol. The van der Waals surface area contributed by atoms with Crippen LogP contribution in [0.2, 0.25) is 0 Å². The highest BCUT2D eigenvalue weighted by Crippen LogP contribution is 2.39. The molecule has 7 nitrogen and oxygen atoms in total. The van der Waals surface area contributed by atoms with Crippen molar-refractivity contribution in [1.29, 1.82) is 0 Å². The van der Waals surface area contributed by atoms with E-state index in [1.54, 1.807) is 4.90 Å². The lowest BCUT2D eigenvalue weighted by atomic mass is 9.76. The average molecular weight is 366 g/mol. The zero-order valence-electron chi connectivity index (χ0n) is 16.1. The lowest BCUT2D eigenvalue weighted by Gasteiger charge is -2.28. The summed E-state index contributed by atoms with van der Waals surface area (Å²) < 4.78 is 5.41. The van der Waals surface area contributed by atoms with Gasteiger partial charge in [-0.1, -0.05) is 13.3 Å². The second-order valence-electron chi connectivity index (χ2n) is 8.15. The average Bonchev–Trinajstić information content (AvgIpc) is 2.95. The number of ether oxygens (including phenoxy) is 1. The molecule has 0 aromatic rings. The van der Waals surface area contributed by atoms with Gasteiger partial charge in [0.25, 0.3) is 0 Å². The summed E-state index contributed by atoms with van der Waals surface area (Å²) in [6, 6.07) is 0. The van der Waals surface area contributed by atoms with Gasteiger partial charge in [0.1, 0.15) is 5.60 Å². The van der Waals surface area contributed by atoms with Gasteiger partial charge in [-0.15, -0.1) is 0 Å². The molecule has 2 N–H and O–H groups in total. The van der Waals surface area contributed by atoms with E-state index in [4.69, 9.17) is 4.74 Å². The normalized spacial score (nSPS) is 22.8. The summed E-state index contributed by atoms with van der Waals surface area (Å²) in [4.78, 5) is 38.0. The van der Waals surface area contributed by atoms with Crippen LogP contribution in [0.25, 0.3) is 0 Å². The number of hydrogen-bond acceptors (Lipinski definition) is 4. The number of hydrogen-bond donors (Lipinski definition) is 2. The van der Waals surface area contributed by atoms with E-state index in [-0.39, 0.29) is 5.91 Å². The number of amides is 2. The zero-order chi connectivity index (χ0) is 19.5. The van der Waals surface area contributed by atoms with Gasteiger partial charge in [-0.2, -0.15) is 0 Å². The van der Waals surface area contributed by atoms with Crippen LogP contribution in [0.3, 0.4) is 0 Å². The maximum Gasteiger partial charge on any atom is 0.410 e. The fraction of sp³-hybridized carbons (Fsp3) is 0.737. The third kappa shape index (κ3) is 4.99. The van der Waals surface area contributed by atoms with Gasteiger partial charge in [0.15, 0.2) is 0 Å². The quantitative estimate of drug-likeness (QED) is 0.576. The highest BCUT2D eigenvalue weighted by atomic mass is 16.6. The van der Waals surface area contributed by atoms with Crippen molar-refractivity contribution in [3.8, 4) is 0 Å². The molecule has 2 atom stereocenters. The van der Waals surface area contributed by atoms with Crippen LogP contribution in [0.4, 0.5) is 4.79 Å². The Morgan fingerprint density at radius 2 is 1.73 bits per heavy atom. The molecule has 2 rings (SSSR count). The monoisotopic (exact) mass is 366 g/mol. The Bertz CT molecular complexity index is 606. The summed E-state index contributed by atoms with van der Waals surface area (Å²) >= 11 is 0. The topological polar surface area (TPSA) is 95.9 Å². The SMILES string of the molecule is CCCCNC(=O)[C@@H]1CC2=C(C[C@@H]1C(=O)O)CN(C(=O)OC(C)(C)C)C2. The first-order valence-corrected chi connectivity index (χ1v) is 9.30. The summed E-state index contributed by atoms with van der Waals surface area (Å²) in [7, 11) is 0. The van der Waals surface area contributed by atoms with Crippen LogP contribution in [0.1, 0.15) is 53.4 Å². The number of rotatable bonds is 5. The number of aliphatic carboxylic acids is 1. The Kier molecular flexibility index (Phi) is 6.31. The number of nitrogens with zero attached hydrogens (tertiary/aromatic N) is 1. The van der Waals surface area contributed by atoms with E-state index in [2.05, 4.69) is 5.32 Å². The van der Waals surface area contributed by atoms with E-state index in [1.807, 2.05) is 27.7 Å². The second-order valence-corrected chi connectivity index (χ2v) is 8.15. The van der Waals surface area contributed by atoms with E-state index in [0.717, 1.165) is 24.0 Å². The molecule has 0 saturated carbocycles. The van der Waals surface area contributed by atoms with Crippen molar-refractivity contribution in [3.05, 3.63) is 11.1 Å². The maximum absolute atomic E-state index is 12.5. The molecule has 0 unspecified atom stereocenters. The molecule has 0 aromatic carbocycles. The predicted octanol–water partition coefficient (Wildman–Crippen LogP) is 2.56. The van der Waals surface area contributed by atoms with Gasteiger partial charge in [-0.05, 0) is 51.2 Å². The summed E-state index contributed by atoms with van der Waals surface area (Å²) in [5, 5.41) is 12.4. The number of unbranched alkanes of at least 4 members (excludes halogenated alkanes) is 1. The van der Waals surface area contributed by atoms with Gasteiger partial charge in [0.2, 0.25) is 5.91 Å². The first-order chi connectivity index (χ1) is 12.1.